The van der Waals surface area contributed by atoms with Crippen LogP contribution in [0.1, 0.15) is 31.5 Å². The molecule has 0 spiro atoms. The minimum absolute atomic E-state index is 0. The molecule has 15 heteroatoms. The van der Waals surface area contributed by atoms with Crippen LogP contribution in [-0.2, 0) is 27.0 Å². The molecule has 8 nitrogen and oxygen atoms in total. The molecule has 53 heavy (non-hydrogen) atoms. The van der Waals surface area contributed by atoms with Crippen LogP contribution in [0.15, 0.2) is 159 Å². The van der Waals surface area contributed by atoms with Crippen LogP contribution in [0.4, 0.5) is 0 Å². The standard InChI is InChI=1S/C15H12N2S2.C8H8ClNO3S.C7H8S.C5H5N.CHNS.2CH4.Na/c1-11-7-9-13(10-8-11)18-15-16-14(17-19-15)12-5-3-2-4-6-12;1-14(11,12)13-10-8(9)7-5-3-2-4-6-7;1-6-2-4-7(8)5-3-6;1-2-4-6-5-3-1;2-1-3;;;/h2-10H,1H3;2-6H,1H3;2-5,8H,1H3;1-5H;3H;2*1H4;/q;;;;;;;+1/p-1/b;10-8+;;;;;;. The topological polar surface area (TPSA) is 118 Å². The molecule has 0 amide bonds. The number of thiol groups is 1. The van der Waals surface area contributed by atoms with Crippen LogP contribution in [0.3, 0.4) is 0 Å². The van der Waals surface area contributed by atoms with E-state index in [4.69, 9.17) is 16.9 Å². The molecule has 0 fully saturated rings. The Labute approximate surface area is 361 Å². The fourth-order valence-corrected chi connectivity index (χ4v) is 5.40. The van der Waals surface area contributed by atoms with E-state index in [1.807, 2.05) is 78.9 Å². The summed E-state index contributed by atoms with van der Waals surface area (Å²) in [7, 11) is -3.60. The summed E-state index contributed by atoms with van der Waals surface area (Å²) in [6.45, 7) is 4.15. The molecule has 0 saturated carbocycles. The zero-order chi connectivity index (χ0) is 36.6. The molecule has 0 aliphatic rings. The van der Waals surface area contributed by atoms with E-state index in [0.717, 1.165) is 26.9 Å². The number of nitriles is 1. The molecule has 0 aliphatic heterocycles. The van der Waals surface area contributed by atoms with Gasteiger partial charge in [0, 0.05) is 33.3 Å². The van der Waals surface area contributed by atoms with Gasteiger partial charge in [-0.3, -0.25) is 9.27 Å². The second-order valence-electron chi connectivity index (χ2n) is 9.64. The molecule has 0 unspecified atom stereocenters. The Balaban J connectivity index is 0. The summed E-state index contributed by atoms with van der Waals surface area (Å²) < 4.78 is 30.7. The van der Waals surface area contributed by atoms with Crippen molar-refractivity contribution in [3.63, 3.8) is 0 Å². The molecule has 0 aliphatic carbocycles. The van der Waals surface area contributed by atoms with Crippen LogP contribution in [-0.4, -0.2) is 34.2 Å². The number of halogens is 1. The zero-order valence-corrected chi connectivity index (χ0v) is 35.1. The minimum atomic E-state index is -3.60. The van der Waals surface area contributed by atoms with Crippen LogP contribution >= 0.6 is 47.5 Å². The van der Waals surface area contributed by atoms with Crippen molar-refractivity contribution >= 4 is 75.4 Å². The first-order chi connectivity index (χ1) is 24.0. The van der Waals surface area contributed by atoms with Crippen molar-refractivity contribution in [3.8, 4) is 16.8 Å². The van der Waals surface area contributed by atoms with Gasteiger partial charge in [0.2, 0.25) is 0 Å². The summed E-state index contributed by atoms with van der Waals surface area (Å²) in [6.07, 6.45) is 4.39. The average Bonchev–Trinajstić information content (AvgIpc) is 3.60. The molecule has 2 heterocycles. The molecule has 6 aromatic rings. The third kappa shape index (κ3) is 24.6. The van der Waals surface area contributed by atoms with Crippen molar-refractivity contribution in [1.82, 2.24) is 14.3 Å². The van der Waals surface area contributed by atoms with E-state index in [0.29, 0.717) is 5.56 Å². The van der Waals surface area contributed by atoms with Gasteiger partial charge >= 0.3 is 39.7 Å². The number of hydrogen-bond donors (Lipinski definition) is 1. The van der Waals surface area contributed by atoms with E-state index in [1.54, 1.807) is 48.4 Å². The summed E-state index contributed by atoms with van der Waals surface area (Å²) in [5, 5.41) is 11.7. The third-order valence-corrected chi connectivity index (χ3v) is 8.22. The first-order valence-corrected chi connectivity index (χ1v) is 19.1. The van der Waals surface area contributed by atoms with Crippen LogP contribution in [0.25, 0.3) is 11.4 Å². The largest absolute Gasteiger partial charge is 1.00 e. The van der Waals surface area contributed by atoms with E-state index in [1.165, 1.54) is 33.0 Å². The smallest absolute Gasteiger partial charge is 0.696 e. The molecule has 4 aromatic carbocycles. The summed E-state index contributed by atoms with van der Waals surface area (Å²) in [5.74, 6) is 0.806. The molecular weight excluding hydrogens is 793 g/mol. The molecule has 274 valence electrons. The Bertz CT molecular complexity index is 1940. The monoisotopic (exact) mass is 833 g/mol. The Kier molecular flexibility index (Phi) is 29.4. The van der Waals surface area contributed by atoms with Gasteiger partial charge in [0.25, 0.3) is 0 Å². The van der Waals surface area contributed by atoms with Gasteiger partial charge in [0.15, 0.2) is 15.3 Å². The van der Waals surface area contributed by atoms with Gasteiger partial charge in [0.1, 0.15) is 0 Å². The van der Waals surface area contributed by atoms with Crippen molar-refractivity contribution in [1.29, 1.82) is 5.26 Å². The Hall–Kier alpha value is -3.29. The number of pyridine rings is 1. The average molecular weight is 835 g/mol. The van der Waals surface area contributed by atoms with Crippen molar-refractivity contribution in [3.05, 3.63) is 156 Å². The molecule has 0 radical (unpaired) electrons. The van der Waals surface area contributed by atoms with Crippen LogP contribution in [0.2, 0.25) is 0 Å². The molecule has 2 aromatic heterocycles. The maximum absolute atomic E-state index is 10.6. The molecule has 0 saturated heterocycles. The predicted molar refractivity (Wildman–Crippen MR) is 225 cm³/mol. The first kappa shape index (κ1) is 51.8. The fourth-order valence-electron chi connectivity index (χ4n) is 3.25. The number of hydrogen-bond acceptors (Lipinski definition) is 12. The fraction of sp³-hybridized carbons (Fsp3) is 0.132. The third-order valence-electron chi connectivity index (χ3n) is 5.53. The maximum atomic E-state index is 10.6. The number of aromatic nitrogens is 3. The van der Waals surface area contributed by atoms with Crippen molar-refractivity contribution < 1.29 is 42.3 Å². The first-order valence-electron chi connectivity index (χ1n) is 14.4. The molecule has 0 atom stereocenters. The van der Waals surface area contributed by atoms with Crippen molar-refractivity contribution in [2.75, 3.05) is 6.26 Å². The van der Waals surface area contributed by atoms with Crippen molar-refractivity contribution in [2.45, 2.75) is 42.8 Å². The van der Waals surface area contributed by atoms with E-state index in [2.05, 4.69) is 87.2 Å². The van der Waals surface area contributed by atoms with Crippen molar-refractivity contribution in [2.24, 2.45) is 5.16 Å². The number of nitrogens with zero attached hydrogens (tertiary/aromatic N) is 5. The number of rotatable bonds is 6. The predicted octanol–water partition coefficient (Wildman–Crippen LogP) is 7.88. The summed E-state index contributed by atoms with van der Waals surface area (Å²) in [5.41, 5.74) is 4.21. The van der Waals surface area contributed by atoms with E-state index in [-0.39, 0.29) is 49.6 Å². The molecule has 0 N–H and O–H groups in total. The molecule has 6 rings (SSSR count). The molecular formula is C38H41ClN5NaO3S5. The Morgan fingerprint density at radius 2 is 1.32 bits per heavy atom. The zero-order valence-electron chi connectivity index (χ0n) is 28.2. The summed E-state index contributed by atoms with van der Waals surface area (Å²) >= 11 is 16.6. The maximum Gasteiger partial charge on any atom is 1.00 e. The van der Waals surface area contributed by atoms with Gasteiger partial charge in [-0.1, -0.05) is 151 Å². The van der Waals surface area contributed by atoms with Gasteiger partial charge in [0.05, 0.1) is 6.26 Å². The van der Waals surface area contributed by atoms with Crippen LogP contribution < -0.4 is 29.6 Å². The molecule has 0 bridgehead atoms. The Morgan fingerprint density at radius 1 is 0.849 bits per heavy atom. The van der Waals surface area contributed by atoms with Gasteiger partial charge < -0.3 is 12.6 Å². The van der Waals surface area contributed by atoms with Gasteiger partial charge in [-0.15, -0.1) is 12.6 Å². The van der Waals surface area contributed by atoms with Crippen LogP contribution in [0, 0.1) is 24.5 Å². The van der Waals surface area contributed by atoms with E-state index >= 15 is 0 Å². The van der Waals surface area contributed by atoms with E-state index in [9.17, 15) is 8.42 Å². The second-order valence-corrected chi connectivity index (χ2v) is 14.3. The number of aryl methyl sites for hydroxylation is 2. The number of benzene rings is 4. The van der Waals surface area contributed by atoms with Gasteiger partial charge in [-0.05, 0) is 61.8 Å². The normalized spacial score (nSPS) is 9.55. The quantitative estimate of drug-likeness (QED) is 0.0447. The Morgan fingerprint density at radius 3 is 1.75 bits per heavy atom. The van der Waals surface area contributed by atoms with E-state index < -0.39 is 10.1 Å². The minimum Gasteiger partial charge on any atom is -0.696 e. The number of thiocyanates is 1. The van der Waals surface area contributed by atoms with Gasteiger partial charge in [-0.2, -0.15) is 12.8 Å². The summed E-state index contributed by atoms with van der Waals surface area (Å²) in [6, 6.07) is 41.0. The second kappa shape index (κ2) is 30.1. The van der Waals surface area contributed by atoms with Crippen LogP contribution in [0.5, 0.6) is 0 Å². The van der Waals surface area contributed by atoms with Gasteiger partial charge in [-0.25, -0.2) is 10.2 Å². The number of oxime groups is 1. The summed E-state index contributed by atoms with van der Waals surface area (Å²) in [4.78, 5) is 10.6. The SMILES string of the molecule is C.C.CS(=O)(=O)O/N=C(/Cl)c1ccccc1.Cc1ccc(S)cc1.Cc1ccc(Sc2nc(-c3ccccc3)ns2)cc1.N#C[S-].[Na+].c1ccncc1.